The Morgan fingerprint density at radius 3 is 1.28 bits per heavy atom. The van der Waals surface area contributed by atoms with E-state index in [0.29, 0.717) is 22.8 Å². The molecule has 2 saturated heterocycles. The number of nitrogens with zero attached hydrogens (tertiary/aromatic N) is 6. The van der Waals surface area contributed by atoms with Crippen molar-refractivity contribution in [2.24, 2.45) is 0 Å². The van der Waals surface area contributed by atoms with Crippen LogP contribution in [0, 0.1) is 13.8 Å². The van der Waals surface area contributed by atoms with Gasteiger partial charge in [0.15, 0.2) is 11.6 Å². The first kappa shape index (κ1) is 37.4. The highest BCUT2D eigenvalue weighted by Crippen LogP contribution is 2.33. The van der Waals surface area contributed by atoms with Gasteiger partial charge in [0.2, 0.25) is 0 Å². The average Bonchev–Trinajstić information content (AvgIpc) is 3.18. The molecule has 0 saturated carbocycles. The summed E-state index contributed by atoms with van der Waals surface area (Å²) >= 11 is 0. The third-order valence-electron chi connectivity index (χ3n) is 8.97. The summed E-state index contributed by atoms with van der Waals surface area (Å²) in [4.78, 5) is 41.8. The molecule has 54 heavy (non-hydrogen) atoms. The van der Waals surface area contributed by atoms with E-state index in [1.165, 1.54) is 0 Å². The number of hydrogen-bond acceptors (Lipinski definition) is 12. The van der Waals surface area contributed by atoms with Crippen LogP contribution in [0.1, 0.15) is 11.1 Å². The molecule has 0 aliphatic carbocycles. The van der Waals surface area contributed by atoms with Gasteiger partial charge >= 0.3 is 11.9 Å². The Morgan fingerprint density at radius 1 is 0.556 bits per heavy atom. The molecule has 6 aromatic rings. The van der Waals surface area contributed by atoms with E-state index in [4.69, 9.17) is 39.7 Å². The summed E-state index contributed by atoms with van der Waals surface area (Å²) in [6.07, 6.45) is 0. The van der Waals surface area contributed by atoms with Crippen LogP contribution < -0.4 is 20.4 Å². The number of fused-ring (bicyclic) bond motifs is 2. The molecule has 4 heterocycles. The van der Waals surface area contributed by atoms with Gasteiger partial charge in [-0.15, -0.1) is 0 Å². The lowest BCUT2D eigenvalue weighted by Gasteiger charge is -2.29. The van der Waals surface area contributed by atoms with E-state index in [9.17, 15) is 10.2 Å². The molecule has 6 N–H and O–H groups in total. The van der Waals surface area contributed by atoms with Crippen LogP contribution in [0.4, 0.5) is 11.6 Å². The van der Waals surface area contributed by atoms with Gasteiger partial charge < -0.3 is 40.9 Å². The fourth-order valence-electron chi connectivity index (χ4n) is 6.25. The predicted octanol–water partition coefficient (Wildman–Crippen LogP) is 4.60. The van der Waals surface area contributed by atoms with Crippen LogP contribution in [0.3, 0.4) is 0 Å². The normalized spacial score (nSPS) is 14.1. The Balaban J connectivity index is 0.000000160. The Hall–Kier alpha value is -6.38. The molecule has 0 unspecified atom stereocenters. The number of piperazine rings is 2. The highest BCUT2D eigenvalue weighted by atomic mass is 16.4. The number of benzene rings is 4. The zero-order chi connectivity index (χ0) is 38.2. The zero-order valence-electron chi connectivity index (χ0n) is 30.0. The highest BCUT2D eigenvalue weighted by Gasteiger charge is 2.20. The summed E-state index contributed by atoms with van der Waals surface area (Å²) in [5.74, 6) is -0.213. The number of rotatable bonds is 4. The van der Waals surface area contributed by atoms with Crippen LogP contribution in [0.15, 0.2) is 84.9 Å². The minimum Gasteiger partial charge on any atom is -0.507 e. The van der Waals surface area contributed by atoms with Gasteiger partial charge in [-0.2, -0.15) is 0 Å². The second-order valence-corrected chi connectivity index (χ2v) is 12.9. The van der Waals surface area contributed by atoms with Gasteiger partial charge in [0.1, 0.15) is 23.1 Å². The quantitative estimate of drug-likeness (QED) is 0.138. The first-order valence-corrected chi connectivity index (χ1v) is 17.6. The van der Waals surface area contributed by atoms with Crippen molar-refractivity contribution >= 4 is 45.4 Å². The molecule has 0 radical (unpaired) electrons. The smallest absolute Gasteiger partial charge is 0.414 e. The SMILES string of the molecule is Cc1ccc2c(N3CCNCC3)nc(-c3ccccc3O)nc2c1.Cc1ccc2c(N3CCNCC3)nc(-c3ccccc3O)nc2c1.O=C(O)C(=O)O. The Morgan fingerprint density at radius 2 is 0.926 bits per heavy atom. The van der Waals surface area contributed by atoms with Crippen molar-refractivity contribution in [1.29, 1.82) is 0 Å². The van der Waals surface area contributed by atoms with Gasteiger partial charge in [0, 0.05) is 63.1 Å². The fraction of sp³-hybridized carbons (Fsp3) is 0.250. The molecule has 0 spiro atoms. The number of nitrogens with one attached hydrogen (secondary N) is 2. The Labute approximate surface area is 311 Å². The van der Waals surface area contributed by atoms with Gasteiger partial charge in [0.05, 0.1) is 22.2 Å². The van der Waals surface area contributed by atoms with Gasteiger partial charge in [-0.1, -0.05) is 36.4 Å². The van der Waals surface area contributed by atoms with E-state index in [1.807, 2.05) is 24.3 Å². The summed E-state index contributed by atoms with van der Waals surface area (Å²) in [6.45, 7) is 11.6. The fourth-order valence-corrected chi connectivity index (χ4v) is 6.25. The lowest BCUT2D eigenvalue weighted by Crippen LogP contribution is -2.44. The number of phenolic OH excluding ortho intramolecular Hbond substituents is 2. The summed E-state index contributed by atoms with van der Waals surface area (Å²) in [5, 5.41) is 44.0. The summed E-state index contributed by atoms with van der Waals surface area (Å²) < 4.78 is 0. The van der Waals surface area contributed by atoms with Crippen LogP contribution in [0.5, 0.6) is 11.5 Å². The number of hydrogen-bond donors (Lipinski definition) is 6. The molecule has 2 fully saturated rings. The number of aryl methyl sites for hydroxylation is 2. The molecule has 4 aromatic carbocycles. The molecule has 2 aliphatic heterocycles. The minimum atomic E-state index is -1.82. The molecule has 2 aromatic heterocycles. The van der Waals surface area contributed by atoms with E-state index in [0.717, 1.165) is 96.9 Å². The maximum Gasteiger partial charge on any atom is 0.414 e. The number of aliphatic carboxylic acids is 2. The van der Waals surface area contributed by atoms with E-state index in [2.05, 4.69) is 70.7 Å². The molecule has 8 rings (SSSR count). The number of aromatic hydroxyl groups is 2. The van der Waals surface area contributed by atoms with Crippen molar-refractivity contribution in [3.05, 3.63) is 96.1 Å². The van der Waals surface area contributed by atoms with Gasteiger partial charge in [-0.3, -0.25) is 0 Å². The number of aromatic nitrogens is 4. The zero-order valence-corrected chi connectivity index (χ0v) is 30.0. The predicted molar refractivity (Wildman–Crippen MR) is 208 cm³/mol. The lowest BCUT2D eigenvalue weighted by molar-refractivity contribution is -0.159. The summed E-state index contributed by atoms with van der Waals surface area (Å²) in [5.41, 5.74) is 5.48. The number of para-hydroxylation sites is 2. The third kappa shape index (κ3) is 8.80. The highest BCUT2D eigenvalue weighted by molar-refractivity contribution is 6.27. The van der Waals surface area contributed by atoms with E-state index < -0.39 is 11.9 Å². The number of carboxylic acid groups (broad SMARTS) is 2. The minimum absolute atomic E-state index is 0.204. The van der Waals surface area contributed by atoms with Crippen LogP contribution >= 0.6 is 0 Å². The lowest BCUT2D eigenvalue weighted by atomic mass is 10.1. The third-order valence-corrected chi connectivity index (χ3v) is 8.97. The molecule has 0 atom stereocenters. The molecular formula is C40H42N8O6. The second-order valence-electron chi connectivity index (χ2n) is 12.9. The monoisotopic (exact) mass is 730 g/mol. The first-order chi connectivity index (χ1) is 26.1. The van der Waals surface area contributed by atoms with Crippen molar-refractivity contribution in [1.82, 2.24) is 30.6 Å². The van der Waals surface area contributed by atoms with Crippen LogP contribution in [0.2, 0.25) is 0 Å². The topological polar surface area (TPSA) is 197 Å². The van der Waals surface area contributed by atoms with E-state index in [1.54, 1.807) is 24.3 Å². The second kappa shape index (κ2) is 17.0. The first-order valence-electron chi connectivity index (χ1n) is 17.6. The Bertz CT molecular complexity index is 2130. The molecular weight excluding hydrogens is 688 g/mol. The average molecular weight is 731 g/mol. The van der Waals surface area contributed by atoms with E-state index in [-0.39, 0.29) is 11.5 Å². The summed E-state index contributed by atoms with van der Waals surface area (Å²) in [6, 6.07) is 27.0. The van der Waals surface area contributed by atoms with Crippen LogP contribution in [0.25, 0.3) is 44.6 Å². The van der Waals surface area contributed by atoms with Crippen LogP contribution in [-0.2, 0) is 9.59 Å². The van der Waals surface area contributed by atoms with Crippen LogP contribution in [-0.4, -0.2) is 105 Å². The number of carboxylic acids is 2. The summed E-state index contributed by atoms with van der Waals surface area (Å²) in [7, 11) is 0. The van der Waals surface area contributed by atoms with Crippen molar-refractivity contribution in [2.75, 3.05) is 62.2 Å². The molecule has 0 bridgehead atoms. The van der Waals surface area contributed by atoms with Gasteiger partial charge in [0.25, 0.3) is 0 Å². The van der Waals surface area contributed by atoms with Crippen molar-refractivity contribution in [2.45, 2.75) is 13.8 Å². The molecule has 0 amide bonds. The van der Waals surface area contributed by atoms with Gasteiger partial charge in [-0.05, 0) is 73.5 Å². The maximum atomic E-state index is 10.2. The number of anilines is 2. The largest absolute Gasteiger partial charge is 0.507 e. The molecule has 14 heteroatoms. The van der Waals surface area contributed by atoms with E-state index >= 15 is 0 Å². The molecule has 278 valence electrons. The van der Waals surface area contributed by atoms with Crippen molar-refractivity contribution in [3.63, 3.8) is 0 Å². The maximum absolute atomic E-state index is 10.2. The molecule has 14 nitrogen and oxygen atoms in total. The molecule has 2 aliphatic rings. The van der Waals surface area contributed by atoms with Gasteiger partial charge in [-0.25, -0.2) is 29.5 Å². The number of carbonyl (C=O) groups is 2. The van der Waals surface area contributed by atoms with Crippen molar-refractivity contribution in [3.8, 4) is 34.3 Å². The standard InChI is InChI=1S/2C19H20N4O.C2H2O4/c2*1-13-6-7-14-16(12-13)21-18(15-4-2-3-5-17(15)24)22-19(14)23-10-8-20-9-11-23;3-1(4)2(5)6/h2*2-7,12,20,24H,8-11H2,1H3;(H,3,4)(H,5,6). The Kier molecular flexibility index (Phi) is 11.7. The van der Waals surface area contributed by atoms with Crippen molar-refractivity contribution < 1.29 is 30.0 Å². The number of phenols is 2.